The van der Waals surface area contributed by atoms with Gasteiger partial charge in [-0.2, -0.15) is 0 Å². The molecule has 8 aliphatic carbocycles. The number of hydrogen-bond acceptors (Lipinski definition) is 0. The number of aryl methyl sites for hydroxylation is 2. The van der Waals surface area contributed by atoms with E-state index in [-0.39, 0.29) is 0 Å². The van der Waals surface area contributed by atoms with Crippen LogP contribution in [0.1, 0.15) is 93.7 Å². The van der Waals surface area contributed by atoms with Crippen LogP contribution in [-0.4, -0.2) is 0 Å². The molecule has 0 saturated heterocycles. The van der Waals surface area contributed by atoms with Crippen molar-refractivity contribution in [1.82, 2.24) is 0 Å². The van der Waals surface area contributed by atoms with Crippen molar-refractivity contribution in [2.75, 3.05) is 0 Å². The van der Waals surface area contributed by atoms with Crippen LogP contribution in [0.25, 0.3) is 0 Å². The Balaban J connectivity index is 1.39. The molecule has 0 spiro atoms. The Kier molecular flexibility index (Phi) is 3.59. The number of benzene rings is 1. The molecule has 8 bridgehead atoms. The van der Waals surface area contributed by atoms with Gasteiger partial charge in [-0.05, 0) is 131 Å². The fourth-order valence-electron chi connectivity index (χ4n) is 11.1. The highest BCUT2D eigenvalue weighted by Crippen LogP contribution is 2.73. The maximum atomic E-state index is 2.58. The van der Waals surface area contributed by atoms with Gasteiger partial charge >= 0.3 is 0 Å². The first kappa shape index (κ1) is 17.7. The lowest BCUT2D eigenvalue weighted by Gasteiger charge is -2.64. The van der Waals surface area contributed by atoms with E-state index in [1.54, 1.807) is 88.2 Å². The van der Waals surface area contributed by atoms with Gasteiger partial charge in [-0.25, -0.2) is 0 Å². The van der Waals surface area contributed by atoms with Crippen molar-refractivity contribution < 1.29 is 0 Å². The molecule has 1 aromatic carbocycles. The van der Waals surface area contributed by atoms with Crippen molar-refractivity contribution in [3.05, 3.63) is 40.8 Å². The molecule has 0 nitrogen and oxygen atoms in total. The first-order chi connectivity index (χ1) is 14.0. The first-order valence-electron chi connectivity index (χ1n) is 13.0. The lowest BCUT2D eigenvalue weighted by atomic mass is 9.37. The molecule has 9 rings (SSSR count). The van der Waals surface area contributed by atoms with Gasteiger partial charge in [0.2, 0.25) is 0 Å². The maximum absolute atomic E-state index is 2.58. The summed E-state index contributed by atoms with van der Waals surface area (Å²) >= 11 is 0. The summed E-state index contributed by atoms with van der Waals surface area (Å²) in [5, 5.41) is 0. The van der Waals surface area contributed by atoms with Gasteiger partial charge in [0.15, 0.2) is 0 Å². The average molecular weight is 388 g/mol. The highest BCUT2D eigenvalue weighted by atomic mass is 14.7. The van der Waals surface area contributed by atoms with Gasteiger partial charge in [-0.1, -0.05) is 0 Å². The Labute approximate surface area is 178 Å². The molecule has 0 aliphatic heterocycles. The van der Waals surface area contributed by atoms with E-state index in [0.717, 1.165) is 35.5 Å². The minimum Gasteiger partial charge on any atom is -0.0474 e. The van der Waals surface area contributed by atoms with Crippen LogP contribution in [0.15, 0.2) is 18.2 Å². The lowest BCUT2D eigenvalue weighted by molar-refractivity contribution is -0.0989. The smallest absolute Gasteiger partial charge is 0.0474 e. The summed E-state index contributed by atoms with van der Waals surface area (Å²) in [5.74, 6) is 8.35. The SMILES string of the molecule is Cc1ccc([C+](C23CC4CC(CC(C4)C2)C3)C23CC4CC(CC(C4)C2)C3)c(C)c1. The zero-order valence-electron chi connectivity index (χ0n) is 18.7. The van der Waals surface area contributed by atoms with Crippen LogP contribution in [0, 0.1) is 66.1 Å². The third kappa shape index (κ3) is 2.53. The average Bonchev–Trinajstić information content (AvgIpc) is 2.61. The van der Waals surface area contributed by atoms with Crippen molar-refractivity contribution in [3.63, 3.8) is 0 Å². The summed E-state index contributed by atoms with van der Waals surface area (Å²) in [6.45, 7) is 4.72. The monoisotopic (exact) mass is 387 g/mol. The lowest BCUT2D eigenvalue weighted by Crippen LogP contribution is -2.57. The summed E-state index contributed by atoms with van der Waals surface area (Å²) in [6, 6.07) is 7.51. The summed E-state index contributed by atoms with van der Waals surface area (Å²) in [6.07, 6.45) is 18.7. The van der Waals surface area contributed by atoms with Gasteiger partial charge < -0.3 is 0 Å². The highest BCUT2D eigenvalue weighted by molar-refractivity contribution is 5.47. The maximum Gasteiger partial charge on any atom is 0.136 e. The minimum atomic E-state index is 0.570. The predicted octanol–water partition coefficient (Wildman–Crippen LogP) is 7.66. The third-order valence-electron chi connectivity index (χ3n) is 10.8. The summed E-state index contributed by atoms with van der Waals surface area (Å²) < 4.78 is 0. The van der Waals surface area contributed by atoms with E-state index in [2.05, 4.69) is 32.0 Å². The molecule has 0 heteroatoms. The molecule has 29 heavy (non-hydrogen) atoms. The molecule has 1 aromatic rings. The second kappa shape index (κ2) is 5.86. The largest absolute Gasteiger partial charge is 0.136 e. The molecule has 8 aliphatic rings. The zero-order valence-corrected chi connectivity index (χ0v) is 18.7. The molecule has 154 valence electrons. The zero-order chi connectivity index (χ0) is 19.4. The molecular formula is C29H39+. The molecular weight excluding hydrogens is 348 g/mol. The quantitative estimate of drug-likeness (QED) is 0.467. The van der Waals surface area contributed by atoms with Gasteiger partial charge in [0.25, 0.3) is 0 Å². The van der Waals surface area contributed by atoms with Gasteiger partial charge in [-0.15, -0.1) is 0 Å². The Bertz CT molecular complexity index is 714. The first-order valence-corrected chi connectivity index (χ1v) is 13.0. The van der Waals surface area contributed by atoms with Gasteiger partial charge in [0.05, 0.1) is 5.56 Å². The van der Waals surface area contributed by atoms with Crippen molar-refractivity contribution in [2.45, 2.75) is 90.9 Å². The van der Waals surface area contributed by atoms with E-state index >= 15 is 0 Å². The van der Waals surface area contributed by atoms with Crippen LogP contribution in [0.2, 0.25) is 0 Å². The standard InChI is InChI=1S/C29H39/c1-18-3-4-26(19(2)5-18)27(28-12-20-6-21(13-28)8-22(7-20)14-28)29-15-23-9-24(16-29)11-25(10-23)17-29/h3-5,20-25H,6-17H2,1-2H3/q+1. The van der Waals surface area contributed by atoms with Gasteiger partial charge in [0, 0.05) is 35.8 Å². The highest BCUT2D eigenvalue weighted by Gasteiger charge is 2.66. The van der Waals surface area contributed by atoms with E-state index in [1.165, 1.54) is 5.56 Å². The van der Waals surface area contributed by atoms with E-state index < -0.39 is 0 Å². The normalized spacial score (nSPS) is 49.0. The van der Waals surface area contributed by atoms with Crippen molar-refractivity contribution >= 4 is 0 Å². The number of rotatable bonds is 3. The topological polar surface area (TPSA) is 0 Å². The minimum absolute atomic E-state index is 0.570. The summed E-state index contributed by atoms with van der Waals surface area (Å²) in [5.41, 5.74) is 5.90. The van der Waals surface area contributed by atoms with Crippen LogP contribution >= 0.6 is 0 Å². The van der Waals surface area contributed by atoms with Crippen molar-refractivity contribution in [3.8, 4) is 0 Å². The molecule has 0 atom stereocenters. The molecule has 8 saturated carbocycles. The predicted molar refractivity (Wildman–Crippen MR) is 119 cm³/mol. The van der Waals surface area contributed by atoms with Crippen molar-refractivity contribution in [1.29, 1.82) is 0 Å². The second-order valence-electron chi connectivity index (χ2n) is 13.1. The Hall–Kier alpha value is -0.910. The molecule has 0 N–H and O–H groups in total. The summed E-state index contributed by atoms with van der Waals surface area (Å²) in [4.78, 5) is 0. The molecule has 0 heterocycles. The van der Waals surface area contributed by atoms with Crippen LogP contribution in [0.5, 0.6) is 0 Å². The van der Waals surface area contributed by atoms with Crippen LogP contribution in [0.3, 0.4) is 0 Å². The molecule has 8 fully saturated rings. The molecule has 0 radical (unpaired) electrons. The Morgan fingerprint density at radius 1 is 0.621 bits per heavy atom. The number of hydrogen-bond donors (Lipinski definition) is 0. The second-order valence-corrected chi connectivity index (χ2v) is 13.1. The Morgan fingerprint density at radius 2 is 1.00 bits per heavy atom. The third-order valence-corrected chi connectivity index (χ3v) is 10.8. The van der Waals surface area contributed by atoms with E-state index in [9.17, 15) is 0 Å². The summed E-state index contributed by atoms with van der Waals surface area (Å²) in [7, 11) is 0. The molecule has 0 aromatic heterocycles. The molecule has 0 unspecified atom stereocenters. The Morgan fingerprint density at radius 3 is 1.34 bits per heavy atom. The molecule has 0 amide bonds. The van der Waals surface area contributed by atoms with E-state index in [4.69, 9.17) is 0 Å². The van der Waals surface area contributed by atoms with Crippen LogP contribution in [-0.2, 0) is 0 Å². The van der Waals surface area contributed by atoms with Crippen molar-refractivity contribution in [2.24, 2.45) is 46.3 Å². The fourth-order valence-corrected chi connectivity index (χ4v) is 11.1. The van der Waals surface area contributed by atoms with Crippen LogP contribution in [0.4, 0.5) is 0 Å². The van der Waals surface area contributed by atoms with Gasteiger partial charge in [-0.3, -0.25) is 0 Å². The van der Waals surface area contributed by atoms with Gasteiger partial charge in [0.1, 0.15) is 5.56 Å². The fraction of sp³-hybridized carbons (Fsp3) is 0.759. The van der Waals surface area contributed by atoms with E-state index in [0.29, 0.717) is 10.8 Å². The van der Waals surface area contributed by atoms with E-state index in [1.807, 2.05) is 5.92 Å². The van der Waals surface area contributed by atoms with Crippen LogP contribution < -0.4 is 0 Å².